The molecule has 0 aliphatic heterocycles. The number of rotatable bonds is 0. The normalized spacial score (nSPS) is 11.6. The van der Waals surface area contributed by atoms with E-state index in [9.17, 15) is 19.2 Å². The Bertz CT molecular complexity index is 858. The Kier molecular flexibility index (Phi) is 1.63. The number of fused-ring (bicyclic) bond motifs is 2. The first kappa shape index (κ1) is 10.3. The van der Waals surface area contributed by atoms with Crippen molar-refractivity contribution in [3.05, 3.63) is 41.4 Å². The van der Waals surface area contributed by atoms with E-state index in [0.717, 1.165) is 0 Å². The number of aromatic nitrogens is 2. The van der Waals surface area contributed by atoms with E-state index in [-0.39, 0.29) is 32.9 Å². The first-order valence-corrected chi connectivity index (χ1v) is 4.89. The number of hydrogen-bond acceptors (Lipinski definition) is 6. The third kappa shape index (κ3) is 0.943. The van der Waals surface area contributed by atoms with Crippen LogP contribution in [-0.4, -0.2) is 9.97 Å². The monoisotopic (exact) mass is 246 g/mol. The highest BCUT2D eigenvalue weighted by molar-refractivity contribution is 6.17. The molecular weight excluding hydrogens is 240 g/mol. The quantitative estimate of drug-likeness (QED) is 0.269. The van der Waals surface area contributed by atoms with E-state index >= 15 is 0 Å². The highest BCUT2D eigenvalue weighted by Crippen LogP contribution is 2.29. The van der Waals surface area contributed by atoms with Crippen molar-refractivity contribution >= 4 is 32.9 Å². The van der Waals surface area contributed by atoms with Gasteiger partial charge in [-0.05, 0) is 0 Å². The highest BCUT2D eigenvalue weighted by atomic mass is 16.2. The van der Waals surface area contributed by atoms with Crippen LogP contribution in [0.4, 0.5) is 11.4 Å². The zero-order valence-electron chi connectivity index (χ0n) is 8.79. The largest absolute Gasteiger partial charge is 0.397 e. The molecule has 0 spiro atoms. The Labute approximate surface area is 96.5 Å². The predicted octanol–water partition coefficient (Wildman–Crippen LogP) is -1.87. The van der Waals surface area contributed by atoms with Gasteiger partial charge >= 0.3 is 0 Å². The summed E-state index contributed by atoms with van der Waals surface area (Å²) in [5.41, 5.74) is 8.03. The number of H-pyrrole nitrogens is 2. The molecule has 18 heavy (non-hydrogen) atoms. The molecule has 90 valence electrons. The second-order valence-corrected chi connectivity index (χ2v) is 3.89. The van der Waals surface area contributed by atoms with Crippen LogP contribution in [0.25, 0.3) is 21.5 Å². The lowest BCUT2D eigenvalue weighted by Crippen LogP contribution is -2.08. The standard InChI is InChI=1S/C10H6N4O4/c11-5-1-2(8(16)13-7(1)15)6(12)4-3(5)9(17)14-10(4)18/h11-12H2,(H,13,15,16)(H,14,17,18). The highest BCUT2D eigenvalue weighted by Gasteiger charge is 2.22. The minimum absolute atomic E-state index is 0.152. The average molecular weight is 246 g/mol. The number of nitrogens with two attached hydrogens (primary N) is 2. The first-order chi connectivity index (χ1) is 8.43. The van der Waals surface area contributed by atoms with Crippen LogP contribution in [0.1, 0.15) is 0 Å². The molecule has 0 atom stereocenters. The minimum atomic E-state index is -0.728. The number of nitrogen functional groups attached to an aromatic ring is 2. The molecule has 1 aromatic carbocycles. The van der Waals surface area contributed by atoms with E-state index in [0.29, 0.717) is 0 Å². The summed E-state index contributed by atoms with van der Waals surface area (Å²) in [4.78, 5) is 50.2. The van der Waals surface area contributed by atoms with Gasteiger partial charge in [0.05, 0.1) is 32.9 Å². The number of benzene rings is 1. The Morgan fingerprint density at radius 1 is 0.556 bits per heavy atom. The van der Waals surface area contributed by atoms with E-state index in [4.69, 9.17) is 11.5 Å². The Morgan fingerprint density at radius 2 is 0.778 bits per heavy atom. The van der Waals surface area contributed by atoms with Crippen molar-refractivity contribution in [1.82, 2.24) is 9.97 Å². The van der Waals surface area contributed by atoms with E-state index in [2.05, 4.69) is 0 Å². The van der Waals surface area contributed by atoms with E-state index in [1.54, 1.807) is 0 Å². The van der Waals surface area contributed by atoms with Crippen molar-refractivity contribution in [2.24, 2.45) is 0 Å². The third-order valence-electron chi connectivity index (χ3n) is 2.94. The Balaban J connectivity index is 2.94. The van der Waals surface area contributed by atoms with Crippen LogP contribution in [0.3, 0.4) is 0 Å². The average Bonchev–Trinajstić information content (AvgIpc) is 2.73. The SMILES string of the molecule is Nc1c2c(=O)[nH]c(=O)c2c(N)c2c(=O)[nH]c(=O)c12. The summed E-state index contributed by atoms with van der Waals surface area (Å²) in [7, 11) is 0. The first-order valence-electron chi connectivity index (χ1n) is 4.89. The second kappa shape index (κ2) is 2.86. The van der Waals surface area contributed by atoms with Crippen molar-refractivity contribution in [1.29, 1.82) is 0 Å². The van der Waals surface area contributed by atoms with Gasteiger partial charge in [0.25, 0.3) is 22.2 Å². The van der Waals surface area contributed by atoms with Crippen molar-refractivity contribution in [3.63, 3.8) is 0 Å². The van der Waals surface area contributed by atoms with Crippen molar-refractivity contribution < 1.29 is 0 Å². The summed E-state index contributed by atoms with van der Waals surface area (Å²) in [6.45, 7) is 0. The molecule has 0 unspecified atom stereocenters. The van der Waals surface area contributed by atoms with Crippen molar-refractivity contribution in [2.45, 2.75) is 0 Å². The van der Waals surface area contributed by atoms with Crippen LogP contribution >= 0.6 is 0 Å². The molecular formula is C10H6N4O4. The lowest BCUT2D eigenvalue weighted by Gasteiger charge is -2.00. The van der Waals surface area contributed by atoms with E-state index in [1.165, 1.54) is 0 Å². The summed E-state index contributed by atoms with van der Waals surface area (Å²) in [5.74, 6) is 0. The zero-order valence-corrected chi connectivity index (χ0v) is 8.79. The molecule has 0 amide bonds. The van der Waals surface area contributed by atoms with Gasteiger partial charge in [0, 0.05) is 0 Å². The summed E-state index contributed by atoms with van der Waals surface area (Å²) < 4.78 is 0. The molecule has 0 saturated heterocycles. The zero-order chi connectivity index (χ0) is 13.2. The van der Waals surface area contributed by atoms with Crippen LogP contribution in [0, 0.1) is 0 Å². The molecule has 3 rings (SSSR count). The molecule has 0 fully saturated rings. The van der Waals surface area contributed by atoms with Gasteiger partial charge in [-0.1, -0.05) is 0 Å². The maximum Gasteiger partial charge on any atom is 0.261 e. The molecule has 6 N–H and O–H groups in total. The maximum atomic E-state index is 11.6. The smallest absolute Gasteiger partial charge is 0.261 e. The summed E-state index contributed by atoms with van der Waals surface area (Å²) >= 11 is 0. The van der Waals surface area contributed by atoms with Crippen LogP contribution in [0.2, 0.25) is 0 Å². The fourth-order valence-electron chi connectivity index (χ4n) is 2.19. The minimum Gasteiger partial charge on any atom is -0.397 e. The lowest BCUT2D eigenvalue weighted by molar-refractivity contribution is 1.26. The number of aromatic amines is 2. The predicted molar refractivity (Wildman–Crippen MR) is 66.4 cm³/mol. The molecule has 8 heteroatoms. The molecule has 0 aliphatic carbocycles. The molecule has 0 radical (unpaired) electrons. The molecule has 3 aromatic rings. The van der Waals surface area contributed by atoms with Gasteiger partial charge in [-0.25, -0.2) is 0 Å². The fourth-order valence-corrected chi connectivity index (χ4v) is 2.19. The van der Waals surface area contributed by atoms with Gasteiger partial charge in [0.1, 0.15) is 0 Å². The van der Waals surface area contributed by atoms with Crippen LogP contribution < -0.4 is 33.7 Å². The van der Waals surface area contributed by atoms with Crippen molar-refractivity contribution in [3.8, 4) is 0 Å². The lowest BCUT2D eigenvalue weighted by atomic mass is 10.1. The van der Waals surface area contributed by atoms with E-state index in [1.807, 2.05) is 9.97 Å². The van der Waals surface area contributed by atoms with Crippen LogP contribution in [0.15, 0.2) is 19.2 Å². The molecule has 2 heterocycles. The Morgan fingerprint density at radius 3 is 1.00 bits per heavy atom. The Hall–Kier alpha value is -2.90. The summed E-state index contributed by atoms with van der Waals surface area (Å²) in [6, 6.07) is 0. The van der Waals surface area contributed by atoms with E-state index < -0.39 is 22.2 Å². The topological polar surface area (TPSA) is 152 Å². The number of anilines is 2. The molecule has 8 nitrogen and oxygen atoms in total. The van der Waals surface area contributed by atoms with Crippen LogP contribution in [0.5, 0.6) is 0 Å². The third-order valence-corrected chi connectivity index (χ3v) is 2.94. The maximum absolute atomic E-state index is 11.6. The van der Waals surface area contributed by atoms with Crippen LogP contribution in [-0.2, 0) is 0 Å². The number of hydrogen-bond donors (Lipinski definition) is 4. The molecule has 2 aromatic heterocycles. The molecule has 0 bridgehead atoms. The fraction of sp³-hybridized carbons (Fsp3) is 0. The molecule has 0 saturated carbocycles. The van der Waals surface area contributed by atoms with Gasteiger partial charge < -0.3 is 11.5 Å². The molecule has 0 aliphatic rings. The summed E-state index contributed by atoms with van der Waals surface area (Å²) in [5, 5.41) is -0.607. The van der Waals surface area contributed by atoms with Gasteiger partial charge in [-0.15, -0.1) is 0 Å². The van der Waals surface area contributed by atoms with Gasteiger partial charge in [0.15, 0.2) is 0 Å². The van der Waals surface area contributed by atoms with Gasteiger partial charge in [-0.3, -0.25) is 29.1 Å². The second-order valence-electron chi connectivity index (χ2n) is 3.89. The number of nitrogens with one attached hydrogen (secondary N) is 2. The summed E-state index contributed by atoms with van der Waals surface area (Å²) in [6.07, 6.45) is 0. The van der Waals surface area contributed by atoms with Crippen molar-refractivity contribution in [2.75, 3.05) is 11.5 Å². The van der Waals surface area contributed by atoms with Gasteiger partial charge in [-0.2, -0.15) is 0 Å². The van der Waals surface area contributed by atoms with Gasteiger partial charge in [0.2, 0.25) is 0 Å².